The molecule has 1 aromatic carbocycles. The Bertz CT molecular complexity index is 742. The molecule has 2 aromatic rings. The molecule has 110 valence electrons. The average Bonchev–Trinajstić information content (AvgIpc) is 2.48. The number of carbonyl (C=O) groups is 2. The minimum absolute atomic E-state index is 0.0923. The lowest BCUT2D eigenvalue weighted by atomic mass is 10.1. The maximum absolute atomic E-state index is 12.3. The Morgan fingerprint density at radius 1 is 1.10 bits per heavy atom. The zero-order valence-corrected chi connectivity index (χ0v) is 11.8. The van der Waals surface area contributed by atoms with Crippen LogP contribution in [-0.2, 0) is 9.47 Å². The molecule has 0 unspecified atom stereocenters. The number of ether oxygens (including phenoxy) is 2. The number of esters is 2. The van der Waals surface area contributed by atoms with E-state index >= 15 is 0 Å². The highest BCUT2D eigenvalue weighted by molar-refractivity contribution is 5.97. The molecule has 21 heavy (non-hydrogen) atoms. The second-order valence-electron chi connectivity index (χ2n) is 4.23. The van der Waals surface area contributed by atoms with Gasteiger partial charge in [0.05, 0.1) is 18.8 Å². The summed E-state index contributed by atoms with van der Waals surface area (Å²) in [6.07, 6.45) is 1.31. The number of aromatic amines is 1. The minimum atomic E-state index is -0.692. The van der Waals surface area contributed by atoms with Gasteiger partial charge in [-0.1, -0.05) is 0 Å². The lowest BCUT2D eigenvalue weighted by molar-refractivity contribution is 0.0516. The number of carbonyl (C=O) groups excluding carboxylic acids is 2. The molecule has 0 atom stereocenters. The first-order valence-corrected chi connectivity index (χ1v) is 6.58. The third-order valence-electron chi connectivity index (χ3n) is 2.89. The molecular weight excluding hydrogens is 274 g/mol. The van der Waals surface area contributed by atoms with E-state index in [1.807, 2.05) is 0 Å². The van der Waals surface area contributed by atoms with Gasteiger partial charge in [-0.05, 0) is 32.0 Å². The third kappa shape index (κ3) is 2.94. The van der Waals surface area contributed by atoms with Crippen LogP contribution in [0.15, 0.2) is 29.2 Å². The van der Waals surface area contributed by atoms with Crippen LogP contribution in [-0.4, -0.2) is 30.1 Å². The predicted octanol–water partition coefficient (Wildman–Crippen LogP) is 1.88. The Morgan fingerprint density at radius 3 is 2.43 bits per heavy atom. The van der Waals surface area contributed by atoms with Crippen LogP contribution >= 0.6 is 0 Å². The van der Waals surface area contributed by atoms with Gasteiger partial charge < -0.3 is 14.5 Å². The second-order valence-corrected chi connectivity index (χ2v) is 4.23. The number of aromatic nitrogens is 1. The first-order chi connectivity index (χ1) is 10.1. The molecule has 0 aliphatic rings. The normalized spacial score (nSPS) is 10.4. The molecule has 1 heterocycles. The number of nitrogens with one attached hydrogen (secondary N) is 1. The molecular formula is C15H15NO5. The van der Waals surface area contributed by atoms with Crippen molar-refractivity contribution in [1.82, 2.24) is 4.98 Å². The number of fused-ring (bicyclic) bond motifs is 1. The summed E-state index contributed by atoms with van der Waals surface area (Å²) in [5.74, 6) is -1.21. The highest BCUT2D eigenvalue weighted by Crippen LogP contribution is 2.12. The first-order valence-electron chi connectivity index (χ1n) is 6.58. The summed E-state index contributed by atoms with van der Waals surface area (Å²) in [7, 11) is 0. The Balaban J connectivity index is 2.54. The van der Waals surface area contributed by atoms with Crippen molar-refractivity contribution in [3.8, 4) is 0 Å². The summed E-state index contributed by atoms with van der Waals surface area (Å²) in [6, 6.07) is 4.56. The third-order valence-corrected chi connectivity index (χ3v) is 2.89. The average molecular weight is 289 g/mol. The first kappa shape index (κ1) is 14.8. The largest absolute Gasteiger partial charge is 0.462 e. The Labute approximate surface area is 120 Å². The monoisotopic (exact) mass is 289 g/mol. The molecule has 6 heteroatoms. The molecule has 2 rings (SSSR count). The van der Waals surface area contributed by atoms with Crippen LogP contribution < -0.4 is 5.43 Å². The van der Waals surface area contributed by atoms with Crippen molar-refractivity contribution in [2.24, 2.45) is 0 Å². The fraction of sp³-hybridized carbons (Fsp3) is 0.267. The number of H-pyrrole nitrogens is 1. The molecule has 1 aromatic heterocycles. The van der Waals surface area contributed by atoms with Gasteiger partial charge >= 0.3 is 11.9 Å². The molecule has 0 saturated carbocycles. The maximum atomic E-state index is 12.3. The fourth-order valence-electron chi connectivity index (χ4n) is 1.92. The zero-order valence-electron chi connectivity index (χ0n) is 11.8. The summed E-state index contributed by atoms with van der Waals surface area (Å²) >= 11 is 0. The van der Waals surface area contributed by atoms with Crippen LogP contribution in [0, 0.1) is 0 Å². The highest BCUT2D eigenvalue weighted by atomic mass is 16.5. The van der Waals surface area contributed by atoms with E-state index in [9.17, 15) is 14.4 Å². The van der Waals surface area contributed by atoms with Crippen molar-refractivity contribution in [3.63, 3.8) is 0 Å². The molecule has 0 aliphatic heterocycles. The van der Waals surface area contributed by atoms with Crippen molar-refractivity contribution in [2.45, 2.75) is 13.8 Å². The van der Waals surface area contributed by atoms with Gasteiger partial charge in [0.1, 0.15) is 5.56 Å². The van der Waals surface area contributed by atoms with Crippen LogP contribution in [0.5, 0.6) is 0 Å². The van der Waals surface area contributed by atoms with Gasteiger partial charge in [0, 0.05) is 17.1 Å². The molecule has 0 aliphatic carbocycles. The van der Waals surface area contributed by atoms with E-state index in [0.717, 1.165) is 0 Å². The standard InChI is InChI=1S/C15H15NO5/c1-3-20-14(18)9-5-6-12-10(7-9)13(17)11(8-16-12)15(19)21-4-2/h5-8H,3-4H2,1-2H3,(H,16,17). The van der Waals surface area contributed by atoms with Crippen molar-refractivity contribution in [1.29, 1.82) is 0 Å². The summed E-state index contributed by atoms with van der Waals surface area (Å²) < 4.78 is 9.71. The Hall–Kier alpha value is -2.63. The molecule has 0 bridgehead atoms. The van der Waals surface area contributed by atoms with E-state index in [4.69, 9.17) is 9.47 Å². The van der Waals surface area contributed by atoms with Gasteiger partial charge in [0.15, 0.2) is 0 Å². The lowest BCUT2D eigenvalue weighted by Gasteiger charge is -2.05. The van der Waals surface area contributed by atoms with E-state index < -0.39 is 17.4 Å². The predicted molar refractivity (Wildman–Crippen MR) is 76.5 cm³/mol. The van der Waals surface area contributed by atoms with Crippen LogP contribution in [0.25, 0.3) is 10.9 Å². The Kier molecular flexibility index (Phi) is 4.37. The quantitative estimate of drug-likeness (QED) is 0.869. The molecule has 1 N–H and O–H groups in total. The van der Waals surface area contributed by atoms with Gasteiger partial charge in [0.2, 0.25) is 5.43 Å². The van der Waals surface area contributed by atoms with Crippen molar-refractivity contribution in [2.75, 3.05) is 13.2 Å². The lowest BCUT2D eigenvalue weighted by Crippen LogP contribution is -2.18. The highest BCUT2D eigenvalue weighted by Gasteiger charge is 2.15. The summed E-state index contributed by atoms with van der Waals surface area (Å²) in [6.45, 7) is 3.78. The van der Waals surface area contributed by atoms with Crippen LogP contribution in [0.2, 0.25) is 0 Å². The van der Waals surface area contributed by atoms with Crippen molar-refractivity contribution >= 4 is 22.8 Å². The van der Waals surface area contributed by atoms with E-state index in [1.165, 1.54) is 12.3 Å². The van der Waals surface area contributed by atoms with E-state index in [-0.39, 0.29) is 29.7 Å². The van der Waals surface area contributed by atoms with Crippen LogP contribution in [0.3, 0.4) is 0 Å². The summed E-state index contributed by atoms with van der Waals surface area (Å²) in [4.78, 5) is 38.5. The van der Waals surface area contributed by atoms with Crippen molar-refractivity contribution < 1.29 is 19.1 Å². The van der Waals surface area contributed by atoms with E-state index in [1.54, 1.807) is 26.0 Å². The number of rotatable bonds is 4. The number of pyridine rings is 1. The second kappa shape index (κ2) is 6.21. The van der Waals surface area contributed by atoms with Gasteiger partial charge in [-0.15, -0.1) is 0 Å². The molecule has 0 radical (unpaired) electrons. The van der Waals surface area contributed by atoms with Gasteiger partial charge in [-0.25, -0.2) is 9.59 Å². The van der Waals surface area contributed by atoms with Crippen LogP contribution in [0.1, 0.15) is 34.6 Å². The summed E-state index contributed by atoms with van der Waals surface area (Å²) in [5, 5.41) is 0.242. The topological polar surface area (TPSA) is 85.5 Å². The minimum Gasteiger partial charge on any atom is -0.462 e. The smallest absolute Gasteiger partial charge is 0.343 e. The summed E-state index contributed by atoms with van der Waals surface area (Å²) in [5.41, 5.74) is 0.218. The molecule has 0 amide bonds. The molecule has 0 saturated heterocycles. The van der Waals surface area contributed by atoms with Crippen molar-refractivity contribution in [3.05, 3.63) is 45.7 Å². The van der Waals surface area contributed by atoms with Gasteiger partial charge in [-0.2, -0.15) is 0 Å². The van der Waals surface area contributed by atoms with E-state index in [2.05, 4.69) is 4.98 Å². The van der Waals surface area contributed by atoms with Gasteiger partial charge in [-0.3, -0.25) is 4.79 Å². The molecule has 6 nitrogen and oxygen atoms in total. The maximum Gasteiger partial charge on any atom is 0.343 e. The number of hydrogen-bond donors (Lipinski definition) is 1. The fourth-order valence-corrected chi connectivity index (χ4v) is 1.92. The number of benzene rings is 1. The molecule has 0 spiro atoms. The Morgan fingerprint density at radius 2 is 1.76 bits per heavy atom. The van der Waals surface area contributed by atoms with Gasteiger partial charge in [0.25, 0.3) is 0 Å². The van der Waals surface area contributed by atoms with Crippen LogP contribution in [0.4, 0.5) is 0 Å². The zero-order chi connectivity index (χ0) is 15.4. The molecule has 0 fully saturated rings. The number of hydrogen-bond acceptors (Lipinski definition) is 5. The van der Waals surface area contributed by atoms with E-state index in [0.29, 0.717) is 5.52 Å². The SMILES string of the molecule is CCOC(=O)c1ccc2[nH]cc(C(=O)OCC)c(=O)c2c1.